The van der Waals surface area contributed by atoms with Crippen LogP contribution in [-0.2, 0) is 96.6 Å². The molecule has 21 nitrogen and oxygen atoms in total. The highest BCUT2D eigenvalue weighted by molar-refractivity contribution is 7.91. The standard InChI is InChI=1S/3C25H25F4N3O4S/c3*1-37(34,35)22-8-13(21-4-2-3-7-36-21)5-6-16(22)31-17-9-14(10-20(33)15-12-25(15,28)29)30-18-11-19(24(26)27)32-23(17)18/h3*5-6,8-9,15,21,24H,2-4,7,10-12H2,1H3,(H,30,31)/t15?,21-;15-,21+;15-,21-/m101/s1. The molecule has 594 valence electrons. The lowest BCUT2D eigenvalue weighted by atomic mass is 10.0. The largest absolute Gasteiger partial charge is 0.374 e. The summed E-state index contributed by atoms with van der Waals surface area (Å²) in [6.07, 6.45) is -1.60. The Hall–Kier alpha value is -8.58. The number of pyridine rings is 3. The summed E-state index contributed by atoms with van der Waals surface area (Å²) in [5.41, 5.74) is 3.06. The van der Waals surface area contributed by atoms with E-state index in [1.165, 1.54) is 36.4 Å². The number of benzene rings is 3. The molecule has 3 saturated carbocycles. The van der Waals surface area contributed by atoms with E-state index in [1.807, 2.05) is 0 Å². The van der Waals surface area contributed by atoms with Gasteiger partial charge in [0.25, 0.3) is 37.0 Å². The topological polar surface area (TPSA) is 293 Å². The Bertz CT molecular complexity index is 4670. The first-order valence-electron chi connectivity index (χ1n) is 35.8. The smallest absolute Gasteiger partial charge is 0.277 e. The van der Waals surface area contributed by atoms with E-state index in [-0.39, 0.29) is 138 Å². The molecule has 0 spiro atoms. The normalized spacial score (nSPS) is 22.5. The van der Waals surface area contributed by atoms with E-state index < -0.39 is 157 Å². The third-order valence-electron chi connectivity index (χ3n) is 20.3. The maximum absolute atomic E-state index is 13.4. The molecule has 3 aromatic heterocycles. The molecule has 3 aromatic carbocycles. The van der Waals surface area contributed by atoms with Gasteiger partial charge >= 0.3 is 0 Å². The molecule has 3 N–H and O–H groups in total. The fraction of sp³-hybridized carbons (Fsp3) is 0.480. The summed E-state index contributed by atoms with van der Waals surface area (Å²) in [7, 11) is -11.2. The Morgan fingerprint density at radius 1 is 0.405 bits per heavy atom. The van der Waals surface area contributed by atoms with Crippen LogP contribution in [-0.4, -0.2) is 150 Å². The minimum atomic E-state index is -3.73. The van der Waals surface area contributed by atoms with Gasteiger partial charge in [0.1, 0.15) is 34.4 Å². The second-order valence-electron chi connectivity index (χ2n) is 29.1. The van der Waals surface area contributed by atoms with Crippen LogP contribution in [0, 0.1) is 17.8 Å². The summed E-state index contributed by atoms with van der Waals surface area (Å²) in [6, 6.07) is 18.6. The van der Waals surface area contributed by atoms with Crippen LogP contribution in [0.3, 0.4) is 0 Å². The van der Waals surface area contributed by atoms with Crippen molar-refractivity contribution >= 4 is 115 Å². The Morgan fingerprint density at radius 3 is 0.865 bits per heavy atom. The van der Waals surface area contributed by atoms with Crippen LogP contribution >= 0.6 is 0 Å². The van der Waals surface area contributed by atoms with E-state index in [4.69, 9.17) is 14.2 Å². The lowest BCUT2D eigenvalue weighted by Gasteiger charge is -2.24. The SMILES string of the molecule is CS(=O)(=O)c1cc([C@H]2CCCCO2)ccc1Nc1cc(CC(=O)C2CC2(F)F)nc2c1N=C(C(F)F)C2.CS(=O)(=O)c1cc([C@H]2CCCCO2)ccc1Nc1cc(CC(=O)[C@@H]2CC2(F)F)nc2c1N=C(C(F)F)C2.CS(=O)(=O)c1cc([C@H]2CCCCO2)ccc1Nc1cc(CC(=O)[C@H]2CC2(F)F)nc2c1N=C(C(F)F)C2. The van der Waals surface area contributed by atoms with Crippen LogP contribution in [0.4, 0.5) is 104 Å². The highest BCUT2D eigenvalue weighted by atomic mass is 32.2. The molecule has 6 aliphatic heterocycles. The minimum absolute atomic E-state index is 0.0176. The second-order valence-corrected chi connectivity index (χ2v) is 35.1. The van der Waals surface area contributed by atoms with Gasteiger partial charge < -0.3 is 30.2 Å². The molecule has 0 bridgehead atoms. The summed E-state index contributed by atoms with van der Waals surface area (Å²) in [4.78, 5) is 61.6. The molecule has 9 aliphatic rings. The van der Waals surface area contributed by atoms with E-state index in [1.54, 1.807) is 36.4 Å². The van der Waals surface area contributed by atoms with Gasteiger partial charge in [0.15, 0.2) is 29.5 Å². The zero-order chi connectivity index (χ0) is 79.6. The van der Waals surface area contributed by atoms with E-state index in [2.05, 4.69) is 45.9 Å². The number of aliphatic imine (C=N–C) groups is 3. The van der Waals surface area contributed by atoms with E-state index >= 15 is 0 Å². The third kappa shape index (κ3) is 18.7. The number of carbonyl (C=O) groups excluding carboxylic acids is 3. The number of ether oxygens (including phenoxy) is 3. The van der Waals surface area contributed by atoms with Crippen molar-refractivity contribution in [1.29, 1.82) is 0 Å². The quantitative estimate of drug-likeness (QED) is 0.0474. The number of aromatic nitrogens is 3. The molecule has 6 fully saturated rings. The molecule has 3 aliphatic carbocycles. The van der Waals surface area contributed by atoms with Gasteiger partial charge in [-0.3, -0.25) is 29.3 Å². The number of alkyl halides is 12. The molecular formula is C75H75F12N9O12S3. The first-order valence-corrected chi connectivity index (χ1v) is 41.5. The minimum Gasteiger partial charge on any atom is -0.374 e. The molecule has 1 unspecified atom stereocenters. The molecule has 15 rings (SSSR count). The molecule has 36 heteroatoms. The molecule has 111 heavy (non-hydrogen) atoms. The van der Waals surface area contributed by atoms with Gasteiger partial charge in [-0.25, -0.2) is 92.9 Å². The number of hydrogen-bond acceptors (Lipinski definition) is 21. The Labute approximate surface area is 630 Å². The first kappa shape index (κ1) is 80.5. The number of nitrogens with zero attached hydrogens (tertiary/aromatic N) is 6. The predicted molar refractivity (Wildman–Crippen MR) is 385 cm³/mol. The summed E-state index contributed by atoms with van der Waals surface area (Å²) < 4.78 is 254. The van der Waals surface area contributed by atoms with Crippen molar-refractivity contribution in [3.8, 4) is 0 Å². The molecule has 0 amide bonds. The van der Waals surface area contributed by atoms with Gasteiger partial charge in [0, 0.05) is 96.4 Å². The maximum Gasteiger partial charge on any atom is 0.277 e. The number of fused-ring (bicyclic) bond motifs is 3. The number of Topliss-reactive ketones (excluding diaryl/α,β-unsaturated/α-hetero) is 3. The van der Waals surface area contributed by atoms with Crippen LogP contribution in [0.5, 0.6) is 0 Å². The fourth-order valence-electron chi connectivity index (χ4n) is 14.2. The van der Waals surface area contributed by atoms with Crippen molar-refractivity contribution in [3.63, 3.8) is 0 Å². The van der Waals surface area contributed by atoms with Gasteiger partial charge in [-0.2, -0.15) is 0 Å². The number of nitrogens with one attached hydrogen (secondary N) is 3. The number of carbonyl (C=O) groups is 3. The summed E-state index contributed by atoms with van der Waals surface area (Å²) in [5, 5.41) is 8.92. The van der Waals surface area contributed by atoms with Gasteiger partial charge in [-0.15, -0.1) is 0 Å². The van der Waals surface area contributed by atoms with E-state index in [9.17, 15) is 92.3 Å². The summed E-state index contributed by atoms with van der Waals surface area (Å²) in [5.74, 6) is -15.3. The van der Waals surface area contributed by atoms with Crippen molar-refractivity contribution in [1.82, 2.24) is 15.0 Å². The average molecular weight is 1620 g/mol. The zero-order valence-electron chi connectivity index (χ0n) is 59.8. The molecule has 0 radical (unpaired) electrons. The van der Waals surface area contributed by atoms with E-state index in [0.29, 0.717) is 36.5 Å². The zero-order valence-corrected chi connectivity index (χ0v) is 62.3. The van der Waals surface area contributed by atoms with Crippen LogP contribution in [0.1, 0.15) is 146 Å². The predicted octanol–water partition coefficient (Wildman–Crippen LogP) is 15.4. The van der Waals surface area contributed by atoms with E-state index in [0.717, 1.165) is 76.6 Å². The van der Waals surface area contributed by atoms with Crippen LogP contribution in [0.15, 0.2) is 102 Å². The Balaban J connectivity index is 0.000000146. The second kappa shape index (κ2) is 31.4. The van der Waals surface area contributed by atoms with Gasteiger partial charge in [0.2, 0.25) is 0 Å². The Morgan fingerprint density at radius 2 is 0.658 bits per heavy atom. The van der Waals surface area contributed by atoms with Crippen LogP contribution < -0.4 is 16.0 Å². The lowest BCUT2D eigenvalue weighted by molar-refractivity contribution is -0.122. The van der Waals surface area contributed by atoms with Crippen molar-refractivity contribution in [2.75, 3.05) is 54.5 Å². The average Bonchev–Trinajstić information content (AvgIpc) is 1.71. The number of sulfone groups is 3. The molecule has 3 saturated heterocycles. The molecular weight excluding hydrogens is 1540 g/mol. The number of ketones is 3. The van der Waals surface area contributed by atoms with Crippen molar-refractivity contribution in [3.05, 3.63) is 124 Å². The Kier molecular flexibility index (Phi) is 22.8. The van der Waals surface area contributed by atoms with Gasteiger partial charge in [0.05, 0.1) is 136 Å². The van der Waals surface area contributed by atoms with Crippen molar-refractivity contribution in [2.45, 2.75) is 186 Å². The number of hydrogen-bond donors (Lipinski definition) is 3. The van der Waals surface area contributed by atoms with Gasteiger partial charge in [-0.1, -0.05) is 18.2 Å². The first-order chi connectivity index (χ1) is 52.3. The molecule has 6 aromatic rings. The summed E-state index contributed by atoms with van der Waals surface area (Å²) in [6.45, 7) is 1.75. The number of anilines is 6. The highest BCUT2D eigenvalue weighted by Gasteiger charge is 2.62. The van der Waals surface area contributed by atoms with Gasteiger partial charge in [-0.05, 0) is 129 Å². The highest BCUT2D eigenvalue weighted by Crippen LogP contribution is 2.53. The lowest BCUT2D eigenvalue weighted by Crippen LogP contribution is -2.14. The van der Waals surface area contributed by atoms with Crippen molar-refractivity contribution in [2.24, 2.45) is 32.7 Å². The van der Waals surface area contributed by atoms with Crippen LogP contribution in [0.2, 0.25) is 0 Å². The fourth-order valence-corrected chi connectivity index (χ4v) is 16.8. The summed E-state index contributed by atoms with van der Waals surface area (Å²) >= 11 is 0. The number of halogens is 12. The van der Waals surface area contributed by atoms with Crippen molar-refractivity contribution < 1.29 is 107 Å². The third-order valence-corrected chi connectivity index (χ3v) is 23.7. The maximum atomic E-state index is 13.4. The molecule has 6 atom stereocenters. The molecule has 9 heterocycles. The van der Waals surface area contributed by atoms with Crippen LogP contribution in [0.25, 0.3) is 0 Å². The number of rotatable bonds is 24. The monoisotopic (exact) mass is 1620 g/mol.